The summed E-state index contributed by atoms with van der Waals surface area (Å²) < 4.78 is 10.3. The number of carboxylic acids is 1. The van der Waals surface area contributed by atoms with E-state index in [1.54, 1.807) is 18.2 Å². The van der Waals surface area contributed by atoms with Crippen LogP contribution >= 0.6 is 0 Å². The van der Waals surface area contributed by atoms with E-state index in [-0.39, 0.29) is 17.9 Å². The molecule has 21 heavy (non-hydrogen) atoms. The second-order valence-corrected chi connectivity index (χ2v) is 5.08. The highest BCUT2D eigenvalue weighted by Gasteiger charge is 2.31. The lowest BCUT2D eigenvalue weighted by atomic mass is 10.1. The topological polar surface area (TPSA) is 84.9 Å². The summed E-state index contributed by atoms with van der Waals surface area (Å²) in [6.45, 7) is 0. The van der Waals surface area contributed by atoms with Crippen LogP contribution in [0.3, 0.4) is 0 Å². The number of amides is 1. The molecule has 6 heteroatoms. The Bertz CT molecular complexity index is 543. The van der Waals surface area contributed by atoms with Crippen molar-refractivity contribution in [1.82, 2.24) is 5.32 Å². The molecule has 0 bridgehead atoms. The molecule has 0 radical (unpaired) electrons. The zero-order valence-electron chi connectivity index (χ0n) is 12.1. The minimum atomic E-state index is -0.800. The van der Waals surface area contributed by atoms with Gasteiger partial charge in [0.2, 0.25) is 0 Å². The summed E-state index contributed by atoms with van der Waals surface area (Å²) >= 11 is 0. The van der Waals surface area contributed by atoms with Gasteiger partial charge in [-0.05, 0) is 37.5 Å². The Morgan fingerprint density at radius 2 is 2.00 bits per heavy atom. The van der Waals surface area contributed by atoms with Gasteiger partial charge < -0.3 is 19.9 Å². The van der Waals surface area contributed by atoms with Crippen molar-refractivity contribution in [2.75, 3.05) is 14.2 Å². The second kappa shape index (κ2) is 6.47. The summed E-state index contributed by atoms with van der Waals surface area (Å²) in [5.74, 6) is -0.424. The van der Waals surface area contributed by atoms with Gasteiger partial charge >= 0.3 is 5.97 Å². The van der Waals surface area contributed by atoms with Crippen LogP contribution in [0.1, 0.15) is 29.6 Å². The van der Waals surface area contributed by atoms with Crippen LogP contribution < -0.4 is 14.8 Å². The highest BCUT2D eigenvalue weighted by Crippen LogP contribution is 2.28. The van der Waals surface area contributed by atoms with Crippen molar-refractivity contribution in [2.24, 2.45) is 5.92 Å². The van der Waals surface area contributed by atoms with Crippen LogP contribution in [-0.4, -0.2) is 37.2 Å². The molecule has 2 atom stereocenters. The van der Waals surface area contributed by atoms with Gasteiger partial charge in [0, 0.05) is 6.04 Å². The molecule has 0 unspecified atom stereocenters. The molecule has 6 nitrogen and oxygen atoms in total. The normalized spacial score (nSPS) is 20.9. The van der Waals surface area contributed by atoms with Crippen molar-refractivity contribution < 1.29 is 24.2 Å². The molecule has 0 spiro atoms. The Kier molecular flexibility index (Phi) is 4.67. The second-order valence-electron chi connectivity index (χ2n) is 5.08. The van der Waals surface area contributed by atoms with Crippen LogP contribution in [0.25, 0.3) is 0 Å². The minimum absolute atomic E-state index is 0.116. The summed E-state index contributed by atoms with van der Waals surface area (Å²) in [5.41, 5.74) is 0.385. The fraction of sp³-hybridized carbons (Fsp3) is 0.467. The number of hydrogen-bond acceptors (Lipinski definition) is 4. The minimum Gasteiger partial charge on any atom is -0.497 e. The molecule has 0 heterocycles. The third-order valence-electron chi connectivity index (χ3n) is 3.77. The molecule has 1 saturated carbocycles. The lowest BCUT2D eigenvalue weighted by Gasteiger charge is -2.15. The van der Waals surface area contributed by atoms with E-state index in [4.69, 9.17) is 14.6 Å². The van der Waals surface area contributed by atoms with E-state index in [1.165, 1.54) is 14.2 Å². The maximum absolute atomic E-state index is 12.3. The molecule has 1 aliphatic carbocycles. The summed E-state index contributed by atoms with van der Waals surface area (Å²) in [7, 11) is 3.02. The van der Waals surface area contributed by atoms with E-state index in [0.29, 0.717) is 36.3 Å². The van der Waals surface area contributed by atoms with Gasteiger partial charge in [0.25, 0.3) is 5.91 Å². The van der Waals surface area contributed by atoms with Crippen molar-refractivity contribution in [3.8, 4) is 11.5 Å². The standard InChI is InChI=1S/C15H19NO5/c1-20-11-5-6-13(21-2)12(8-11)14(17)16-10-4-3-9(7-10)15(18)19/h5-6,8-10H,3-4,7H2,1-2H3,(H,16,17)(H,18,19)/t9-,10+/m0/s1. The van der Waals surface area contributed by atoms with Gasteiger partial charge in [-0.25, -0.2) is 0 Å². The number of hydrogen-bond donors (Lipinski definition) is 2. The van der Waals surface area contributed by atoms with E-state index >= 15 is 0 Å². The van der Waals surface area contributed by atoms with Crippen LogP contribution in [0.15, 0.2) is 18.2 Å². The highest BCUT2D eigenvalue weighted by molar-refractivity contribution is 5.97. The first-order valence-corrected chi connectivity index (χ1v) is 6.80. The first-order valence-electron chi connectivity index (χ1n) is 6.80. The number of methoxy groups -OCH3 is 2. The predicted octanol–water partition coefficient (Wildman–Crippen LogP) is 1.69. The predicted molar refractivity (Wildman–Crippen MR) is 75.8 cm³/mol. The molecule has 2 N–H and O–H groups in total. The largest absolute Gasteiger partial charge is 0.497 e. The molecule has 1 fully saturated rings. The summed E-state index contributed by atoms with van der Waals surface area (Å²) in [6.07, 6.45) is 1.73. The van der Waals surface area contributed by atoms with Gasteiger partial charge in [-0.3, -0.25) is 9.59 Å². The number of ether oxygens (including phenoxy) is 2. The molecule has 0 saturated heterocycles. The average molecular weight is 293 g/mol. The number of carbonyl (C=O) groups excluding carboxylic acids is 1. The zero-order chi connectivity index (χ0) is 15.4. The van der Waals surface area contributed by atoms with E-state index in [2.05, 4.69) is 5.32 Å². The number of carbonyl (C=O) groups is 2. The Labute approximate surface area is 123 Å². The number of rotatable bonds is 5. The van der Waals surface area contributed by atoms with Gasteiger partial charge in [-0.1, -0.05) is 0 Å². The first-order chi connectivity index (χ1) is 10.0. The quantitative estimate of drug-likeness (QED) is 0.863. The van der Waals surface area contributed by atoms with Crippen molar-refractivity contribution >= 4 is 11.9 Å². The van der Waals surface area contributed by atoms with Crippen LogP contribution in [0.4, 0.5) is 0 Å². The highest BCUT2D eigenvalue weighted by atomic mass is 16.5. The lowest BCUT2D eigenvalue weighted by Crippen LogP contribution is -2.33. The molecule has 0 aliphatic heterocycles. The fourth-order valence-corrected chi connectivity index (χ4v) is 2.59. The van der Waals surface area contributed by atoms with Crippen LogP contribution in [0, 0.1) is 5.92 Å². The van der Waals surface area contributed by atoms with Crippen LogP contribution in [0.2, 0.25) is 0 Å². The smallest absolute Gasteiger partial charge is 0.306 e. The van der Waals surface area contributed by atoms with E-state index in [1.807, 2.05) is 0 Å². The van der Waals surface area contributed by atoms with Gasteiger partial charge in [0.05, 0.1) is 25.7 Å². The van der Waals surface area contributed by atoms with Gasteiger partial charge in [0.15, 0.2) is 0 Å². The Morgan fingerprint density at radius 3 is 2.57 bits per heavy atom. The van der Waals surface area contributed by atoms with Crippen LogP contribution in [0.5, 0.6) is 11.5 Å². The molecule has 0 aromatic heterocycles. The third kappa shape index (κ3) is 3.45. The van der Waals surface area contributed by atoms with E-state index in [0.717, 1.165) is 0 Å². The van der Waals surface area contributed by atoms with E-state index in [9.17, 15) is 9.59 Å². The molecule has 1 aliphatic rings. The van der Waals surface area contributed by atoms with E-state index < -0.39 is 5.97 Å². The zero-order valence-corrected chi connectivity index (χ0v) is 12.1. The molecule has 1 amide bonds. The monoisotopic (exact) mass is 293 g/mol. The number of carboxylic acid groups (broad SMARTS) is 1. The number of benzene rings is 1. The van der Waals surface area contributed by atoms with Crippen molar-refractivity contribution in [3.63, 3.8) is 0 Å². The molecule has 114 valence electrons. The SMILES string of the molecule is COc1ccc(OC)c(C(=O)N[C@@H]2CC[C@H](C(=O)O)C2)c1. The Morgan fingerprint density at radius 1 is 1.24 bits per heavy atom. The van der Waals surface area contributed by atoms with Crippen molar-refractivity contribution in [3.05, 3.63) is 23.8 Å². The average Bonchev–Trinajstić information content (AvgIpc) is 2.95. The Hall–Kier alpha value is -2.24. The molecule has 1 aromatic rings. The number of nitrogens with one attached hydrogen (secondary N) is 1. The maximum atomic E-state index is 12.3. The summed E-state index contributed by atoms with van der Waals surface area (Å²) in [6, 6.07) is 4.88. The molecular formula is C15H19NO5. The van der Waals surface area contributed by atoms with Crippen molar-refractivity contribution in [2.45, 2.75) is 25.3 Å². The molecule has 2 rings (SSSR count). The first kappa shape index (κ1) is 15.2. The van der Waals surface area contributed by atoms with Gasteiger partial charge in [-0.15, -0.1) is 0 Å². The van der Waals surface area contributed by atoms with Crippen molar-refractivity contribution in [1.29, 1.82) is 0 Å². The fourth-order valence-electron chi connectivity index (χ4n) is 2.59. The van der Waals surface area contributed by atoms with Crippen LogP contribution in [-0.2, 0) is 4.79 Å². The molecular weight excluding hydrogens is 274 g/mol. The maximum Gasteiger partial charge on any atom is 0.306 e. The molecule has 1 aromatic carbocycles. The third-order valence-corrected chi connectivity index (χ3v) is 3.77. The van der Waals surface area contributed by atoms with Gasteiger partial charge in [-0.2, -0.15) is 0 Å². The number of aliphatic carboxylic acids is 1. The lowest BCUT2D eigenvalue weighted by molar-refractivity contribution is -0.141. The Balaban J connectivity index is 2.08. The summed E-state index contributed by atoms with van der Waals surface area (Å²) in [4.78, 5) is 23.3. The van der Waals surface area contributed by atoms with Gasteiger partial charge in [0.1, 0.15) is 11.5 Å². The summed E-state index contributed by atoms with van der Waals surface area (Å²) in [5, 5.41) is 11.9.